The Morgan fingerprint density at radius 1 is 1.40 bits per heavy atom. The molecule has 0 aliphatic carbocycles. The molecule has 0 amide bonds. The van der Waals surface area contributed by atoms with Gasteiger partial charge in [0.2, 0.25) is 0 Å². The van der Waals surface area contributed by atoms with E-state index in [9.17, 15) is 4.57 Å². The number of rotatable bonds is 4. The molecule has 2 heterocycles. The molecule has 7 heteroatoms. The van der Waals surface area contributed by atoms with Crippen LogP contribution in [-0.4, -0.2) is 23.9 Å². The third-order valence-corrected chi connectivity index (χ3v) is 7.66. The Balaban J connectivity index is 1.96. The molecule has 2 fully saturated rings. The molecule has 1 aromatic rings. The Labute approximate surface area is 159 Å². The molecular weight excluding hydrogens is 380 g/mol. The Morgan fingerprint density at radius 2 is 2.08 bits per heavy atom. The Morgan fingerprint density at radius 3 is 2.72 bits per heavy atom. The van der Waals surface area contributed by atoms with Crippen molar-refractivity contribution in [3.05, 3.63) is 46.5 Å². The van der Waals surface area contributed by atoms with Crippen LogP contribution in [0, 0.1) is 5.41 Å². The molecule has 4 nitrogen and oxygen atoms in total. The van der Waals surface area contributed by atoms with Gasteiger partial charge in [-0.15, -0.1) is 6.58 Å². The van der Waals surface area contributed by atoms with Crippen molar-refractivity contribution in [1.82, 2.24) is 4.67 Å². The lowest BCUT2D eigenvalue weighted by molar-refractivity contribution is -0.0426. The largest absolute Gasteiger partial charge is 0.409 e. The lowest BCUT2D eigenvalue weighted by Gasteiger charge is -2.45. The van der Waals surface area contributed by atoms with E-state index in [4.69, 9.17) is 32.2 Å². The second-order valence-corrected chi connectivity index (χ2v) is 10.1. The molecule has 0 spiro atoms. The lowest BCUT2D eigenvalue weighted by atomic mass is 9.83. The summed E-state index contributed by atoms with van der Waals surface area (Å²) in [5, 5.41) is 1.03. The first-order valence-electron chi connectivity index (χ1n) is 8.53. The average molecular weight is 404 g/mol. The zero-order chi connectivity index (χ0) is 18.2. The molecule has 2 aliphatic rings. The first kappa shape index (κ1) is 19.4. The van der Waals surface area contributed by atoms with Crippen LogP contribution in [0.4, 0.5) is 0 Å². The van der Waals surface area contributed by atoms with E-state index in [0.717, 1.165) is 19.3 Å². The highest BCUT2D eigenvalue weighted by Crippen LogP contribution is 2.65. The molecule has 138 valence electrons. The average Bonchev–Trinajstić information content (AvgIpc) is 3.01. The number of hydrogen-bond acceptors (Lipinski definition) is 3. The van der Waals surface area contributed by atoms with Gasteiger partial charge in [-0.2, -0.15) is 0 Å². The number of benzene rings is 1. The van der Waals surface area contributed by atoms with Crippen LogP contribution in [-0.2, 0) is 13.6 Å². The van der Waals surface area contributed by atoms with E-state index < -0.39 is 19.3 Å². The molecule has 1 unspecified atom stereocenters. The van der Waals surface area contributed by atoms with E-state index in [1.165, 1.54) is 0 Å². The van der Waals surface area contributed by atoms with Crippen molar-refractivity contribution in [2.75, 3.05) is 13.2 Å². The fourth-order valence-electron chi connectivity index (χ4n) is 3.54. The van der Waals surface area contributed by atoms with Crippen LogP contribution in [0.3, 0.4) is 0 Å². The van der Waals surface area contributed by atoms with Gasteiger partial charge >= 0.3 is 7.75 Å². The number of hydrogen-bond donors (Lipinski definition) is 0. The summed E-state index contributed by atoms with van der Waals surface area (Å²) in [6.07, 6.45) is 4.04. The second kappa shape index (κ2) is 7.34. The van der Waals surface area contributed by atoms with Gasteiger partial charge in [0.1, 0.15) is 6.10 Å². The topological polar surface area (TPSA) is 38.8 Å². The molecule has 0 bridgehead atoms. The van der Waals surface area contributed by atoms with Gasteiger partial charge in [-0.25, -0.2) is 9.24 Å². The van der Waals surface area contributed by atoms with Crippen molar-refractivity contribution >= 4 is 30.9 Å². The smallest absolute Gasteiger partial charge is 0.296 e. The molecular formula is C18H24Cl2NO3P. The molecule has 3 atom stereocenters. The first-order chi connectivity index (χ1) is 11.8. The van der Waals surface area contributed by atoms with Crippen molar-refractivity contribution in [3.63, 3.8) is 0 Å². The second-order valence-electron chi connectivity index (χ2n) is 7.33. The highest BCUT2D eigenvalue weighted by molar-refractivity contribution is 7.51. The van der Waals surface area contributed by atoms with E-state index >= 15 is 0 Å². The zero-order valence-electron chi connectivity index (χ0n) is 14.6. The molecule has 2 aliphatic heterocycles. The summed E-state index contributed by atoms with van der Waals surface area (Å²) in [5.41, 5.74) is 0.273. The zero-order valence-corrected chi connectivity index (χ0v) is 17.0. The molecule has 1 aromatic carbocycles. The fraction of sp³-hybridized carbons (Fsp3) is 0.556. The van der Waals surface area contributed by atoms with E-state index in [1.807, 2.05) is 24.6 Å². The van der Waals surface area contributed by atoms with E-state index in [2.05, 4.69) is 6.58 Å². The Bertz CT molecular complexity index is 689. The van der Waals surface area contributed by atoms with Gasteiger partial charge in [-0.1, -0.05) is 49.2 Å². The molecule has 25 heavy (non-hydrogen) atoms. The number of halogens is 2. The maximum absolute atomic E-state index is 13.6. The number of nitrogens with zero attached hydrogens (tertiary/aromatic N) is 1. The normalized spacial score (nSPS) is 32.6. The van der Waals surface area contributed by atoms with E-state index in [-0.39, 0.29) is 6.04 Å². The molecule has 0 N–H and O–H groups in total. The van der Waals surface area contributed by atoms with Crippen molar-refractivity contribution < 1.29 is 13.6 Å². The molecule has 0 saturated carbocycles. The van der Waals surface area contributed by atoms with Crippen LogP contribution in [0.15, 0.2) is 30.9 Å². The van der Waals surface area contributed by atoms with Crippen LogP contribution in [0.1, 0.15) is 44.8 Å². The third kappa shape index (κ3) is 3.71. The highest BCUT2D eigenvalue weighted by atomic mass is 35.5. The van der Waals surface area contributed by atoms with Gasteiger partial charge in [-0.3, -0.25) is 9.05 Å². The highest BCUT2D eigenvalue weighted by Gasteiger charge is 2.51. The van der Waals surface area contributed by atoms with Crippen LogP contribution >= 0.6 is 30.9 Å². The predicted molar refractivity (Wildman–Crippen MR) is 102 cm³/mol. The first-order valence-corrected chi connectivity index (χ1v) is 10.8. The minimum atomic E-state index is -3.42. The summed E-state index contributed by atoms with van der Waals surface area (Å²) in [7, 11) is -3.42. The summed E-state index contributed by atoms with van der Waals surface area (Å²) in [6, 6.07) is 5.48. The van der Waals surface area contributed by atoms with Crippen molar-refractivity contribution in [2.45, 2.75) is 45.3 Å². The van der Waals surface area contributed by atoms with Crippen LogP contribution < -0.4 is 0 Å². The van der Waals surface area contributed by atoms with Gasteiger partial charge < -0.3 is 0 Å². The monoisotopic (exact) mass is 403 g/mol. The standard InChI is InChI=1S/C18H24Cl2NO3P/c1-4-7-13-8-6-11-21(13)25(22)23-12-18(2,3)17(24-25)16-14(19)9-5-10-15(16)20/h4-5,9-10,13,17H,1,6-8,11-12H2,2-3H3/t13?,17-,25-/m1/s1. The van der Waals surface area contributed by atoms with Crippen LogP contribution in [0.2, 0.25) is 10.0 Å². The van der Waals surface area contributed by atoms with Gasteiger partial charge in [0.25, 0.3) is 0 Å². The van der Waals surface area contributed by atoms with Gasteiger partial charge in [-0.05, 0) is 31.4 Å². The molecule has 0 aromatic heterocycles. The lowest BCUT2D eigenvalue weighted by Crippen LogP contribution is -2.39. The molecule has 0 radical (unpaired) electrons. The third-order valence-electron chi connectivity index (χ3n) is 4.91. The fourth-order valence-corrected chi connectivity index (χ4v) is 6.62. The van der Waals surface area contributed by atoms with Crippen molar-refractivity contribution in [1.29, 1.82) is 0 Å². The van der Waals surface area contributed by atoms with Crippen molar-refractivity contribution in [2.24, 2.45) is 5.41 Å². The van der Waals surface area contributed by atoms with Gasteiger partial charge in [0.05, 0.1) is 6.61 Å². The quantitative estimate of drug-likeness (QED) is 0.439. The maximum Gasteiger partial charge on any atom is 0.409 e. The summed E-state index contributed by atoms with van der Waals surface area (Å²) >= 11 is 12.8. The van der Waals surface area contributed by atoms with Gasteiger partial charge in [0, 0.05) is 33.6 Å². The predicted octanol–water partition coefficient (Wildman–Crippen LogP) is 6.26. The Hall–Kier alpha value is -0.350. The van der Waals surface area contributed by atoms with E-state index in [0.29, 0.717) is 28.8 Å². The Kier molecular flexibility index (Phi) is 5.70. The van der Waals surface area contributed by atoms with E-state index in [1.54, 1.807) is 18.2 Å². The summed E-state index contributed by atoms with van der Waals surface area (Å²) in [6.45, 7) is 8.82. The van der Waals surface area contributed by atoms with Gasteiger partial charge in [0.15, 0.2) is 0 Å². The molecule has 2 saturated heterocycles. The summed E-state index contributed by atoms with van der Waals surface area (Å²) < 4.78 is 27.4. The van der Waals surface area contributed by atoms with Crippen LogP contribution in [0.25, 0.3) is 0 Å². The maximum atomic E-state index is 13.6. The van der Waals surface area contributed by atoms with Crippen molar-refractivity contribution in [3.8, 4) is 0 Å². The SMILES string of the molecule is C=CCC1CCCN1[P@@]1(=O)OCC(C)(C)[C@@H](c2c(Cl)cccc2Cl)O1. The minimum absolute atomic E-state index is 0.131. The summed E-state index contributed by atoms with van der Waals surface area (Å²) in [5.74, 6) is 0. The minimum Gasteiger partial charge on any atom is -0.296 e. The van der Waals surface area contributed by atoms with Crippen LogP contribution in [0.5, 0.6) is 0 Å². The summed E-state index contributed by atoms with van der Waals surface area (Å²) in [4.78, 5) is 0. The molecule has 3 rings (SSSR count).